The number of likely N-dealkylation sites (N-methyl/N-ethyl adjacent to an activating group) is 1. The van der Waals surface area contributed by atoms with E-state index in [0.29, 0.717) is 6.47 Å². The molecule has 1 saturated carbocycles. The molecule has 1 rings (SSSR count). The van der Waals surface area contributed by atoms with Crippen LogP contribution in [0, 0.1) is 0 Å². The van der Waals surface area contributed by atoms with E-state index in [1.54, 1.807) is 0 Å². The van der Waals surface area contributed by atoms with Crippen LogP contribution < -0.4 is 5.32 Å². The summed E-state index contributed by atoms with van der Waals surface area (Å²) < 4.78 is 4.84. The molecule has 9 heavy (non-hydrogen) atoms. The molecule has 0 aliphatic heterocycles. The zero-order valence-electron chi connectivity index (χ0n) is 5.52. The van der Waals surface area contributed by atoms with E-state index in [4.69, 9.17) is 4.74 Å². The summed E-state index contributed by atoms with van der Waals surface area (Å²) in [6.07, 6.45) is 2.01. The third kappa shape index (κ3) is 1.42. The Hall–Kier alpha value is -0.570. The molecule has 52 valence electrons. The van der Waals surface area contributed by atoms with Crippen molar-refractivity contribution in [3.05, 3.63) is 0 Å². The predicted octanol–water partition coefficient (Wildman–Crippen LogP) is -0.0886. The first kappa shape index (κ1) is 6.55. The Morgan fingerprint density at radius 3 is 2.78 bits per heavy atom. The molecular formula is C6H11NO2. The first-order valence-electron chi connectivity index (χ1n) is 3.09. The third-order valence-corrected chi connectivity index (χ3v) is 1.60. The van der Waals surface area contributed by atoms with Crippen LogP contribution in [0.5, 0.6) is 0 Å². The zero-order valence-corrected chi connectivity index (χ0v) is 5.52. The highest BCUT2D eigenvalue weighted by molar-refractivity contribution is 5.39. The number of rotatable bonds is 4. The summed E-state index contributed by atoms with van der Waals surface area (Å²) in [5.41, 5.74) is -0.128. The molecule has 0 radical (unpaired) electrons. The number of ether oxygens (including phenoxy) is 1. The topological polar surface area (TPSA) is 38.3 Å². The first-order chi connectivity index (χ1) is 4.33. The first-order valence-corrected chi connectivity index (χ1v) is 3.09. The van der Waals surface area contributed by atoms with Crippen LogP contribution >= 0.6 is 0 Å². The Kier molecular flexibility index (Phi) is 1.71. The van der Waals surface area contributed by atoms with Gasteiger partial charge in [-0.3, -0.25) is 4.79 Å². The van der Waals surface area contributed by atoms with Gasteiger partial charge in [0.1, 0.15) is 5.60 Å². The van der Waals surface area contributed by atoms with E-state index >= 15 is 0 Å². The van der Waals surface area contributed by atoms with Crippen molar-refractivity contribution in [3.8, 4) is 0 Å². The van der Waals surface area contributed by atoms with Crippen LogP contribution in [-0.2, 0) is 9.53 Å². The average molecular weight is 129 g/mol. The molecule has 1 fully saturated rings. The highest BCUT2D eigenvalue weighted by atomic mass is 16.5. The molecule has 0 aromatic carbocycles. The third-order valence-electron chi connectivity index (χ3n) is 1.60. The van der Waals surface area contributed by atoms with Crippen LogP contribution in [-0.4, -0.2) is 25.7 Å². The monoisotopic (exact) mass is 129 g/mol. The minimum atomic E-state index is -0.128. The minimum absolute atomic E-state index is 0.128. The molecule has 0 bridgehead atoms. The van der Waals surface area contributed by atoms with Gasteiger partial charge in [-0.15, -0.1) is 0 Å². The van der Waals surface area contributed by atoms with Crippen LogP contribution in [0.4, 0.5) is 0 Å². The van der Waals surface area contributed by atoms with Gasteiger partial charge in [0.05, 0.1) is 0 Å². The van der Waals surface area contributed by atoms with Crippen molar-refractivity contribution in [2.24, 2.45) is 0 Å². The number of hydrogen-bond donors (Lipinski definition) is 1. The molecule has 3 nitrogen and oxygen atoms in total. The Labute approximate surface area is 54.4 Å². The van der Waals surface area contributed by atoms with Crippen LogP contribution in [0.3, 0.4) is 0 Å². The van der Waals surface area contributed by atoms with E-state index < -0.39 is 0 Å². The minimum Gasteiger partial charge on any atom is -0.460 e. The summed E-state index contributed by atoms with van der Waals surface area (Å²) >= 11 is 0. The molecule has 0 heterocycles. The van der Waals surface area contributed by atoms with Crippen molar-refractivity contribution in [3.63, 3.8) is 0 Å². The normalized spacial score (nSPS) is 21.0. The van der Waals surface area contributed by atoms with Crippen LogP contribution in [0.1, 0.15) is 12.8 Å². The van der Waals surface area contributed by atoms with E-state index in [1.165, 1.54) is 0 Å². The Morgan fingerprint density at radius 1 is 1.78 bits per heavy atom. The Morgan fingerprint density at radius 2 is 2.44 bits per heavy atom. The Bertz CT molecular complexity index is 110. The summed E-state index contributed by atoms with van der Waals surface area (Å²) in [5.74, 6) is 0. The van der Waals surface area contributed by atoms with Crippen molar-refractivity contribution in [2.45, 2.75) is 18.4 Å². The fourth-order valence-corrected chi connectivity index (χ4v) is 0.900. The molecule has 1 aliphatic rings. The van der Waals surface area contributed by atoms with Crippen molar-refractivity contribution in [2.75, 3.05) is 13.6 Å². The number of carbonyl (C=O) groups is 1. The van der Waals surface area contributed by atoms with Gasteiger partial charge in [-0.1, -0.05) is 0 Å². The van der Waals surface area contributed by atoms with E-state index in [-0.39, 0.29) is 5.60 Å². The second-order valence-electron chi connectivity index (χ2n) is 2.43. The van der Waals surface area contributed by atoms with Crippen LogP contribution in [0.2, 0.25) is 0 Å². The lowest BCUT2D eigenvalue weighted by molar-refractivity contribution is -0.135. The lowest BCUT2D eigenvalue weighted by atomic mass is 10.3. The molecule has 0 aromatic heterocycles. The lowest BCUT2D eigenvalue weighted by Crippen LogP contribution is -2.27. The maximum Gasteiger partial charge on any atom is 0.293 e. The second kappa shape index (κ2) is 2.35. The highest BCUT2D eigenvalue weighted by Gasteiger charge is 2.44. The molecule has 1 N–H and O–H groups in total. The molecule has 1 aliphatic carbocycles. The maximum atomic E-state index is 9.89. The Balaban J connectivity index is 2.24. The molecular weight excluding hydrogens is 118 g/mol. The SMILES string of the molecule is CNCC1(OC=O)CC1. The largest absolute Gasteiger partial charge is 0.460 e. The number of hydrogen-bond acceptors (Lipinski definition) is 3. The molecule has 0 aromatic rings. The van der Waals surface area contributed by atoms with Gasteiger partial charge in [-0.25, -0.2) is 0 Å². The van der Waals surface area contributed by atoms with E-state index in [2.05, 4.69) is 5.32 Å². The predicted molar refractivity (Wildman–Crippen MR) is 33.0 cm³/mol. The van der Waals surface area contributed by atoms with Crippen molar-refractivity contribution >= 4 is 6.47 Å². The van der Waals surface area contributed by atoms with E-state index in [9.17, 15) is 4.79 Å². The van der Waals surface area contributed by atoms with Gasteiger partial charge in [0.2, 0.25) is 0 Å². The maximum absolute atomic E-state index is 9.89. The summed E-state index contributed by atoms with van der Waals surface area (Å²) in [6.45, 7) is 1.32. The second-order valence-corrected chi connectivity index (χ2v) is 2.43. The van der Waals surface area contributed by atoms with Crippen LogP contribution in [0.25, 0.3) is 0 Å². The van der Waals surface area contributed by atoms with Gasteiger partial charge in [0.25, 0.3) is 6.47 Å². The molecule has 0 atom stereocenters. The number of nitrogens with one attached hydrogen (secondary N) is 1. The fourth-order valence-electron chi connectivity index (χ4n) is 0.900. The highest BCUT2D eigenvalue weighted by Crippen LogP contribution is 2.37. The van der Waals surface area contributed by atoms with Gasteiger partial charge in [0.15, 0.2) is 0 Å². The van der Waals surface area contributed by atoms with Gasteiger partial charge in [-0.2, -0.15) is 0 Å². The molecule has 3 heteroatoms. The van der Waals surface area contributed by atoms with Gasteiger partial charge in [-0.05, 0) is 19.9 Å². The lowest BCUT2D eigenvalue weighted by Gasteiger charge is -2.10. The molecule has 0 amide bonds. The molecule has 0 spiro atoms. The van der Waals surface area contributed by atoms with Gasteiger partial charge < -0.3 is 10.1 Å². The van der Waals surface area contributed by atoms with Crippen molar-refractivity contribution in [1.29, 1.82) is 0 Å². The van der Waals surface area contributed by atoms with Crippen molar-refractivity contribution < 1.29 is 9.53 Å². The summed E-state index contributed by atoms with van der Waals surface area (Å²) in [7, 11) is 1.86. The zero-order chi connectivity index (χ0) is 6.74. The smallest absolute Gasteiger partial charge is 0.293 e. The summed E-state index contributed by atoms with van der Waals surface area (Å²) in [4.78, 5) is 9.89. The standard InChI is InChI=1S/C6H11NO2/c1-7-4-6(2-3-6)9-5-8/h5,7H,2-4H2,1H3. The molecule has 0 saturated heterocycles. The van der Waals surface area contributed by atoms with Crippen LogP contribution in [0.15, 0.2) is 0 Å². The molecule has 0 unspecified atom stereocenters. The van der Waals surface area contributed by atoms with Gasteiger partial charge in [0, 0.05) is 6.54 Å². The van der Waals surface area contributed by atoms with E-state index in [1.807, 2.05) is 7.05 Å². The quantitative estimate of drug-likeness (QED) is 0.539. The summed E-state index contributed by atoms with van der Waals surface area (Å²) in [6, 6.07) is 0. The average Bonchev–Trinajstić information content (AvgIpc) is 2.51. The summed E-state index contributed by atoms with van der Waals surface area (Å²) in [5, 5.41) is 2.97. The van der Waals surface area contributed by atoms with Crippen molar-refractivity contribution in [1.82, 2.24) is 5.32 Å². The van der Waals surface area contributed by atoms with E-state index in [0.717, 1.165) is 19.4 Å². The van der Waals surface area contributed by atoms with Gasteiger partial charge >= 0.3 is 0 Å². The fraction of sp³-hybridized carbons (Fsp3) is 0.833. The number of carbonyl (C=O) groups excluding carboxylic acids is 1.